The number of amides is 3. The number of nitrogens with zero attached hydrogens (tertiary/aromatic N) is 2. The fourth-order valence-electron chi connectivity index (χ4n) is 6.56. The molecule has 4 aliphatic rings. The van der Waals surface area contributed by atoms with Gasteiger partial charge in [-0.2, -0.15) is 0 Å². The van der Waals surface area contributed by atoms with E-state index in [4.69, 9.17) is 4.74 Å². The summed E-state index contributed by atoms with van der Waals surface area (Å²) in [6.45, 7) is 3.55. The molecular weight excluding hydrogens is 382 g/mol. The van der Waals surface area contributed by atoms with Crippen molar-refractivity contribution in [2.45, 2.75) is 82.9 Å². The van der Waals surface area contributed by atoms with E-state index in [0.29, 0.717) is 31.5 Å². The number of hydrogen-bond acceptors (Lipinski definition) is 4. The van der Waals surface area contributed by atoms with Crippen molar-refractivity contribution in [3.63, 3.8) is 0 Å². The zero-order valence-corrected chi connectivity index (χ0v) is 18.5. The largest absolute Gasteiger partial charge is 0.368 e. The molecule has 6 unspecified atom stereocenters. The second-order valence-corrected chi connectivity index (χ2v) is 9.69. The van der Waals surface area contributed by atoms with Gasteiger partial charge in [0, 0.05) is 39.6 Å². The van der Waals surface area contributed by atoms with E-state index in [1.54, 1.807) is 14.0 Å². The van der Waals surface area contributed by atoms with Crippen LogP contribution in [0.2, 0.25) is 0 Å². The summed E-state index contributed by atoms with van der Waals surface area (Å²) in [6.07, 6.45) is 8.64. The van der Waals surface area contributed by atoms with E-state index >= 15 is 0 Å². The van der Waals surface area contributed by atoms with E-state index in [0.717, 1.165) is 51.4 Å². The van der Waals surface area contributed by atoms with Gasteiger partial charge in [0.15, 0.2) is 0 Å². The summed E-state index contributed by atoms with van der Waals surface area (Å²) in [4.78, 5) is 41.8. The number of carbonyl (C=O) groups excluding carboxylic acids is 3. The Kier molecular flexibility index (Phi) is 6.66. The molecule has 3 amide bonds. The van der Waals surface area contributed by atoms with Crippen LogP contribution in [0.1, 0.15) is 64.7 Å². The molecule has 0 spiro atoms. The highest BCUT2D eigenvalue weighted by atomic mass is 16.5. The van der Waals surface area contributed by atoms with Crippen LogP contribution >= 0.6 is 0 Å². The topological polar surface area (TPSA) is 79.0 Å². The van der Waals surface area contributed by atoms with E-state index in [1.165, 1.54) is 6.42 Å². The molecule has 2 heterocycles. The first-order chi connectivity index (χ1) is 14.5. The molecule has 4 fully saturated rings. The maximum atomic E-state index is 13.2. The van der Waals surface area contributed by atoms with Gasteiger partial charge in [0.05, 0.1) is 12.1 Å². The van der Waals surface area contributed by atoms with Gasteiger partial charge in [0.25, 0.3) is 5.91 Å². The second kappa shape index (κ2) is 9.25. The van der Waals surface area contributed by atoms with Gasteiger partial charge in [0.2, 0.25) is 11.8 Å². The number of hydrogen-bond donors (Lipinski definition) is 1. The minimum Gasteiger partial charge on any atom is -0.368 e. The Balaban J connectivity index is 1.49. The van der Waals surface area contributed by atoms with Crippen molar-refractivity contribution >= 4 is 17.7 Å². The smallest absolute Gasteiger partial charge is 0.252 e. The van der Waals surface area contributed by atoms with Gasteiger partial charge in [-0.25, -0.2) is 0 Å². The SMILES string of the molecule is CNC(=O)C1CCCC(C2CCC3C(C2)N(C(=O)C2CCCO2)CCN3C(C)=O)C1. The molecule has 7 heteroatoms. The highest BCUT2D eigenvalue weighted by molar-refractivity contribution is 5.82. The molecule has 1 N–H and O–H groups in total. The first kappa shape index (κ1) is 21.6. The maximum absolute atomic E-state index is 13.2. The number of piperazine rings is 1. The van der Waals surface area contributed by atoms with E-state index in [9.17, 15) is 14.4 Å². The first-order valence-electron chi connectivity index (χ1n) is 11.9. The number of rotatable bonds is 3. The van der Waals surface area contributed by atoms with Crippen LogP contribution in [0.4, 0.5) is 0 Å². The van der Waals surface area contributed by atoms with Gasteiger partial charge in [-0.05, 0) is 56.8 Å². The van der Waals surface area contributed by atoms with Crippen LogP contribution in [-0.4, -0.2) is 72.5 Å². The van der Waals surface area contributed by atoms with Crippen molar-refractivity contribution in [1.29, 1.82) is 0 Å². The molecular formula is C23H37N3O4. The molecule has 2 saturated heterocycles. The lowest BCUT2D eigenvalue weighted by Gasteiger charge is -2.53. The standard InChI is InChI=1S/C23H37N3O4/c1-15(27)25-10-11-26(23(29)21-7-4-12-30-21)20-14-17(8-9-19(20)25)16-5-3-6-18(13-16)22(28)24-2/h16-21H,3-14H2,1-2H3,(H,24,28). The van der Waals surface area contributed by atoms with Gasteiger partial charge in [-0.15, -0.1) is 0 Å². The third-order valence-electron chi connectivity index (χ3n) is 8.10. The van der Waals surface area contributed by atoms with Crippen molar-refractivity contribution in [1.82, 2.24) is 15.1 Å². The third kappa shape index (κ3) is 4.23. The van der Waals surface area contributed by atoms with Crippen LogP contribution in [0.25, 0.3) is 0 Å². The molecule has 2 saturated carbocycles. The quantitative estimate of drug-likeness (QED) is 0.758. The number of fused-ring (bicyclic) bond motifs is 1. The molecule has 2 aliphatic carbocycles. The molecule has 30 heavy (non-hydrogen) atoms. The minimum atomic E-state index is -0.304. The van der Waals surface area contributed by atoms with Gasteiger partial charge in [0.1, 0.15) is 6.10 Å². The Morgan fingerprint density at radius 2 is 1.63 bits per heavy atom. The van der Waals surface area contributed by atoms with Crippen molar-refractivity contribution < 1.29 is 19.1 Å². The predicted octanol–water partition coefficient (Wildman–Crippen LogP) is 1.95. The predicted molar refractivity (Wildman–Crippen MR) is 113 cm³/mol. The lowest BCUT2D eigenvalue weighted by Crippen LogP contribution is -2.65. The summed E-state index contributed by atoms with van der Waals surface area (Å²) in [5.74, 6) is 1.59. The van der Waals surface area contributed by atoms with Crippen LogP contribution in [-0.2, 0) is 19.1 Å². The zero-order valence-electron chi connectivity index (χ0n) is 18.5. The summed E-state index contributed by atoms with van der Waals surface area (Å²) < 4.78 is 5.70. The second-order valence-electron chi connectivity index (χ2n) is 9.69. The van der Waals surface area contributed by atoms with Crippen LogP contribution in [0.15, 0.2) is 0 Å². The summed E-state index contributed by atoms with van der Waals surface area (Å²) in [6, 6.07) is 0.203. The van der Waals surface area contributed by atoms with Crippen LogP contribution in [0.5, 0.6) is 0 Å². The Labute approximate surface area is 179 Å². The highest BCUT2D eigenvalue weighted by Gasteiger charge is 2.47. The lowest BCUT2D eigenvalue weighted by atomic mass is 9.67. The van der Waals surface area contributed by atoms with Gasteiger partial charge in [-0.1, -0.05) is 12.8 Å². The average molecular weight is 420 g/mol. The Morgan fingerprint density at radius 3 is 2.33 bits per heavy atom. The monoisotopic (exact) mass is 419 g/mol. The molecule has 2 aliphatic heterocycles. The normalized spacial score (nSPS) is 36.9. The minimum absolute atomic E-state index is 0.0819. The lowest BCUT2D eigenvalue weighted by molar-refractivity contribution is -0.156. The van der Waals surface area contributed by atoms with Crippen LogP contribution < -0.4 is 5.32 Å². The number of carbonyl (C=O) groups is 3. The van der Waals surface area contributed by atoms with Crippen molar-refractivity contribution in [3.8, 4) is 0 Å². The maximum Gasteiger partial charge on any atom is 0.252 e. The number of nitrogens with one attached hydrogen (secondary N) is 1. The summed E-state index contributed by atoms with van der Waals surface area (Å²) >= 11 is 0. The Bertz CT molecular complexity index is 663. The fourth-order valence-corrected chi connectivity index (χ4v) is 6.56. The van der Waals surface area contributed by atoms with Gasteiger partial charge in [-0.3, -0.25) is 14.4 Å². The molecule has 0 radical (unpaired) electrons. The Morgan fingerprint density at radius 1 is 0.867 bits per heavy atom. The molecule has 4 rings (SSSR count). The van der Waals surface area contributed by atoms with Crippen molar-refractivity contribution in [2.75, 3.05) is 26.7 Å². The molecule has 0 bridgehead atoms. The van der Waals surface area contributed by atoms with Crippen molar-refractivity contribution in [3.05, 3.63) is 0 Å². The first-order valence-corrected chi connectivity index (χ1v) is 11.9. The third-order valence-corrected chi connectivity index (χ3v) is 8.10. The molecule has 168 valence electrons. The Hall–Kier alpha value is -1.63. The molecule has 0 aromatic heterocycles. The number of ether oxygens (including phenoxy) is 1. The van der Waals surface area contributed by atoms with Crippen molar-refractivity contribution in [2.24, 2.45) is 17.8 Å². The molecule has 0 aromatic rings. The highest BCUT2D eigenvalue weighted by Crippen LogP contribution is 2.43. The van der Waals surface area contributed by atoms with Gasteiger partial charge < -0.3 is 19.9 Å². The van der Waals surface area contributed by atoms with Crippen LogP contribution in [0, 0.1) is 17.8 Å². The average Bonchev–Trinajstić information content (AvgIpc) is 3.32. The van der Waals surface area contributed by atoms with E-state index in [1.807, 2.05) is 9.80 Å². The fraction of sp³-hybridized carbons (Fsp3) is 0.870. The molecule has 6 atom stereocenters. The van der Waals surface area contributed by atoms with Crippen LogP contribution in [0.3, 0.4) is 0 Å². The van der Waals surface area contributed by atoms with E-state index < -0.39 is 0 Å². The van der Waals surface area contributed by atoms with Gasteiger partial charge >= 0.3 is 0 Å². The van der Waals surface area contributed by atoms with E-state index in [2.05, 4.69) is 5.32 Å². The van der Waals surface area contributed by atoms with E-state index in [-0.39, 0.29) is 41.8 Å². The molecule has 0 aromatic carbocycles. The summed E-state index contributed by atoms with van der Waals surface area (Å²) in [5, 5.41) is 2.83. The zero-order chi connectivity index (χ0) is 21.3. The summed E-state index contributed by atoms with van der Waals surface area (Å²) in [5.41, 5.74) is 0. The summed E-state index contributed by atoms with van der Waals surface area (Å²) in [7, 11) is 1.73. The molecule has 7 nitrogen and oxygen atoms in total.